The van der Waals surface area contributed by atoms with E-state index in [1.54, 1.807) is 0 Å². The Hall–Kier alpha value is -3.61. The molecule has 5 N–H and O–H groups in total. The summed E-state index contributed by atoms with van der Waals surface area (Å²) in [5, 5.41) is 49.5. The lowest BCUT2D eigenvalue weighted by atomic mass is 10.00. The normalized spacial score (nSPS) is 11.0. The highest BCUT2D eigenvalue weighted by Crippen LogP contribution is 2.40. The second kappa shape index (κ2) is 6.60. The highest BCUT2D eigenvalue weighted by Gasteiger charge is 2.20. The molecule has 2 aromatic carbocycles. The van der Waals surface area contributed by atoms with Gasteiger partial charge in [-0.3, -0.25) is 4.79 Å². The Morgan fingerprint density at radius 1 is 1.00 bits per heavy atom. The minimum Gasteiger partial charge on any atom is -0.508 e. The fraction of sp³-hybridized carbons (Fsp3) is 0.150. The zero-order valence-electron chi connectivity index (χ0n) is 14.5. The van der Waals surface area contributed by atoms with Crippen molar-refractivity contribution in [2.45, 2.75) is 19.8 Å². The van der Waals surface area contributed by atoms with Crippen LogP contribution in [-0.4, -0.2) is 25.5 Å². The lowest BCUT2D eigenvalue weighted by molar-refractivity contribution is 0.399. The van der Waals surface area contributed by atoms with E-state index in [0.29, 0.717) is 18.4 Å². The van der Waals surface area contributed by atoms with Crippen molar-refractivity contribution < 1.29 is 29.9 Å². The van der Waals surface area contributed by atoms with Gasteiger partial charge >= 0.3 is 0 Å². The van der Waals surface area contributed by atoms with Crippen LogP contribution in [0.2, 0.25) is 0 Å². The van der Waals surface area contributed by atoms with Gasteiger partial charge < -0.3 is 29.9 Å². The number of benzene rings is 2. The van der Waals surface area contributed by atoms with Gasteiger partial charge in [0.05, 0.1) is 0 Å². The highest BCUT2D eigenvalue weighted by molar-refractivity contribution is 5.88. The van der Waals surface area contributed by atoms with Crippen molar-refractivity contribution >= 4 is 11.0 Å². The minimum atomic E-state index is -0.889. The molecular formula is C20H18O7. The van der Waals surface area contributed by atoms with Gasteiger partial charge in [0.1, 0.15) is 22.5 Å². The van der Waals surface area contributed by atoms with Crippen LogP contribution in [0.4, 0.5) is 0 Å². The van der Waals surface area contributed by atoms with E-state index >= 15 is 0 Å². The summed E-state index contributed by atoms with van der Waals surface area (Å²) in [6, 6.07) is 4.71. The van der Waals surface area contributed by atoms with Crippen LogP contribution in [0.25, 0.3) is 22.3 Å². The molecule has 1 heterocycles. The SMILES string of the molecule is C=C(C)CCc1cc(-c2oc3cc(O)cc(O)c3c(=O)c2O)cc(O)c1O. The molecule has 0 saturated carbocycles. The summed E-state index contributed by atoms with van der Waals surface area (Å²) in [5.41, 5.74) is 0.390. The molecule has 0 atom stereocenters. The third kappa shape index (κ3) is 3.27. The average Bonchev–Trinajstić information content (AvgIpc) is 2.58. The van der Waals surface area contributed by atoms with Gasteiger partial charge in [0.2, 0.25) is 11.2 Å². The van der Waals surface area contributed by atoms with Crippen LogP contribution >= 0.6 is 0 Å². The molecule has 0 fully saturated rings. The second-order valence-electron chi connectivity index (χ2n) is 6.41. The van der Waals surface area contributed by atoms with Crippen LogP contribution in [0.1, 0.15) is 18.9 Å². The van der Waals surface area contributed by atoms with Crippen molar-refractivity contribution in [3.63, 3.8) is 0 Å². The molecule has 0 amide bonds. The predicted octanol–water partition coefficient (Wildman–Crippen LogP) is 3.50. The molecular weight excluding hydrogens is 352 g/mol. The number of phenolic OH excluding ortho intramolecular Hbond substituents is 4. The minimum absolute atomic E-state index is 0.138. The van der Waals surface area contributed by atoms with Gasteiger partial charge in [-0.15, -0.1) is 6.58 Å². The number of rotatable bonds is 4. The van der Waals surface area contributed by atoms with E-state index in [-0.39, 0.29) is 33.8 Å². The van der Waals surface area contributed by atoms with E-state index in [0.717, 1.165) is 23.8 Å². The molecule has 3 aromatic rings. The monoisotopic (exact) mass is 370 g/mol. The Bertz CT molecular complexity index is 1130. The fourth-order valence-corrected chi connectivity index (χ4v) is 2.82. The molecule has 0 bridgehead atoms. The van der Waals surface area contributed by atoms with Crippen LogP contribution < -0.4 is 5.43 Å². The van der Waals surface area contributed by atoms with Gasteiger partial charge in [-0.05, 0) is 37.5 Å². The van der Waals surface area contributed by atoms with Gasteiger partial charge in [-0.2, -0.15) is 0 Å². The summed E-state index contributed by atoms with van der Waals surface area (Å²) in [4.78, 5) is 12.4. The van der Waals surface area contributed by atoms with Crippen LogP contribution in [0.3, 0.4) is 0 Å². The standard InChI is InChI=1S/C20H18O7/c1-9(2)3-4-10-5-11(6-14(23)17(10)24)20-19(26)18(25)16-13(22)7-12(21)8-15(16)27-20/h5-8,21-24,26H,1,3-4H2,2H3. The first kappa shape index (κ1) is 18.2. The Morgan fingerprint density at radius 3 is 2.37 bits per heavy atom. The number of aryl methyl sites for hydroxylation is 1. The number of aromatic hydroxyl groups is 5. The first-order chi connectivity index (χ1) is 12.7. The number of hydrogen-bond acceptors (Lipinski definition) is 7. The van der Waals surface area contributed by atoms with Gasteiger partial charge in [-0.25, -0.2) is 0 Å². The lowest BCUT2D eigenvalue weighted by Crippen LogP contribution is -2.03. The average molecular weight is 370 g/mol. The molecule has 0 aliphatic carbocycles. The smallest absolute Gasteiger partial charge is 0.238 e. The van der Waals surface area contributed by atoms with Crippen molar-refractivity contribution in [2.24, 2.45) is 0 Å². The zero-order chi connectivity index (χ0) is 19.9. The third-order valence-electron chi connectivity index (χ3n) is 4.19. The summed E-state index contributed by atoms with van der Waals surface area (Å²) in [7, 11) is 0. The molecule has 0 aliphatic rings. The Kier molecular flexibility index (Phi) is 4.45. The maximum Gasteiger partial charge on any atom is 0.238 e. The zero-order valence-corrected chi connectivity index (χ0v) is 14.5. The van der Waals surface area contributed by atoms with Gasteiger partial charge in [0.15, 0.2) is 17.3 Å². The maximum absolute atomic E-state index is 12.4. The molecule has 3 rings (SSSR count). The van der Waals surface area contributed by atoms with Crippen LogP contribution in [0, 0.1) is 0 Å². The summed E-state index contributed by atoms with van der Waals surface area (Å²) in [6.45, 7) is 5.62. The Balaban J connectivity index is 2.25. The summed E-state index contributed by atoms with van der Waals surface area (Å²) >= 11 is 0. The molecule has 0 saturated heterocycles. The van der Waals surface area contributed by atoms with E-state index in [1.165, 1.54) is 6.07 Å². The molecule has 0 radical (unpaired) electrons. The van der Waals surface area contributed by atoms with E-state index in [4.69, 9.17) is 4.42 Å². The van der Waals surface area contributed by atoms with Crippen molar-refractivity contribution in [1.82, 2.24) is 0 Å². The molecule has 7 nitrogen and oxygen atoms in total. The molecule has 1 aromatic heterocycles. The molecule has 27 heavy (non-hydrogen) atoms. The van der Waals surface area contributed by atoms with E-state index in [1.807, 2.05) is 6.92 Å². The summed E-state index contributed by atoms with van der Waals surface area (Å²) < 4.78 is 5.52. The second-order valence-corrected chi connectivity index (χ2v) is 6.41. The molecule has 7 heteroatoms. The van der Waals surface area contributed by atoms with Crippen LogP contribution in [-0.2, 0) is 6.42 Å². The van der Waals surface area contributed by atoms with Crippen molar-refractivity contribution in [3.05, 3.63) is 52.2 Å². The lowest BCUT2D eigenvalue weighted by Gasteiger charge is -2.11. The molecule has 0 unspecified atom stereocenters. The number of phenols is 4. The van der Waals surface area contributed by atoms with E-state index in [9.17, 15) is 30.3 Å². The van der Waals surface area contributed by atoms with E-state index < -0.39 is 22.7 Å². The van der Waals surface area contributed by atoms with Crippen LogP contribution in [0.5, 0.6) is 28.7 Å². The molecule has 140 valence electrons. The number of hydrogen-bond donors (Lipinski definition) is 5. The first-order valence-electron chi connectivity index (χ1n) is 8.10. The van der Waals surface area contributed by atoms with Gasteiger partial charge in [-0.1, -0.05) is 5.57 Å². The van der Waals surface area contributed by atoms with Crippen molar-refractivity contribution in [1.29, 1.82) is 0 Å². The fourth-order valence-electron chi connectivity index (χ4n) is 2.82. The summed E-state index contributed by atoms with van der Waals surface area (Å²) in [5.74, 6) is -2.63. The Morgan fingerprint density at radius 2 is 1.70 bits per heavy atom. The van der Waals surface area contributed by atoms with Crippen molar-refractivity contribution in [2.75, 3.05) is 0 Å². The maximum atomic E-state index is 12.4. The number of fused-ring (bicyclic) bond motifs is 1. The highest BCUT2D eigenvalue weighted by atomic mass is 16.4. The predicted molar refractivity (Wildman–Crippen MR) is 99.4 cm³/mol. The molecule has 0 spiro atoms. The molecule has 0 aliphatic heterocycles. The largest absolute Gasteiger partial charge is 0.508 e. The first-order valence-corrected chi connectivity index (χ1v) is 8.10. The third-order valence-corrected chi connectivity index (χ3v) is 4.19. The number of allylic oxidation sites excluding steroid dienone is 1. The van der Waals surface area contributed by atoms with Gasteiger partial charge in [0, 0.05) is 17.7 Å². The Labute approximate surface area is 153 Å². The van der Waals surface area contributed by atoms with Crippen molar-refractivity contribution in [3.8, 4) is 40.1 Å². The van der Waals surface area contributed by atoms with Crippen LogP contribution in [0.15, 0.2) is 45.6 Å². The summed E-state index contributed by atoms with van der Waals surface area (Å²) in [6.07, 6.45) is 0.939. The topological polar surface area (TPSA) is 131 Å². The quantitative estimate of drug-likeness (QED) is 0.351. The van der Waals surface area contributed by atoms with E-state index in [2.05, 4.69) is 6.58 Å². The van der Waals surface area contributed by atoms with Gasteiger partial charge in [0.25, 0.3) is 0 Å².